The number of pyridine rings is 2. The monoisotopic (exact) mass is 590 g/mol. The average Bonchev–Trinajstić information content (AvgIpc) is 3.60. The highest BCUT2D eigenvalue weighted by atomic mass is 19.3. The molecule has 9 nitrogen and oxygen atoms in total. The van der Waals surface area contributed by atoms with Crippen molar-refractivity contribution in [3.63, 3.8) is 0 Å². The predicted octanol–water partition coefficient (Wildman–Crippen LogP) is 4.01. The van der Waals surface area contributed by atoms with Gasteiger partial charge in [0.2, 0.25) is 0 Å². The fourth-order valence-electron chi connectivity index (χ4n) is 7.08. The largest absolute Gasteiger partial charge is 0.461 e. The number of nitrogens with one attached hydrogen (secondary N) is 1. The number of fused-ring (bicyclic) bond motifs is 3. The van der Waals surface area contributed by atoms with Gasteiger partial charge in [-0.25, -0.2) is 26.9 Å². The normalized spacial score (nSPS) is 25.4. The van der Waals surface area contributed by atoms with Crippen LogP contribution in [0.15, 0.2) is 12.3 Å². The molecule has 0 spiro atoms. The minimum absolute atomic E-state index is 0.0499. The Morgan fingerprint density at radius 1 is 1.10 bits per heavy atom. The number of nitrogens with zero attached hydrogens (tertiary/aromatic N) is 6. The lowest BCUT2D eigenvalue weighted by Gasteiger charge is -2.32. The van der Waals surface area contributed by atoms with E-state index in [1.807, 2.05) is 4.90 Å². The topological polar surface area (TPSA) is 105 Å². The molecule has 1 aliphatic carbocycles. The van der Waals surface area contributed by atoms with E-state index >= 15 is 0 Å². The number of piperazine rings is 1. The first-order chi connectivity index (χ1) is 20.1. The van der Waals surface area contributed by atoms with E-state index in [-0.39, 0.29) is 52.9 Å². The van der Waals surface area contributed by atoms with Crippen molar-refractivity contribution >= 4 is 22.5 Å². The Bertz CT molecular complexity index is 1530. The van der Waals surface area contributed by atoms with Crippen molar-refractivity contribution in [2.24, 2.45) is 0 Å². The Balaban J connectivity index is 1.38. The van der Waals surface area contributed by atoms with Crippen LogP contribution >= 0.6 is 0 Å². The third-order valence-electron chi connectivity index (χ3n) is 9.06. The smallest absolute Gasteiger partial charge is 0.319 e. The minimum Gasteiger partial charge on any atom is -0.461 e. The maximum absolute atomic E-state index is 15.0. The van der Waals surface area contributed by atoms with Gasteiger partial charge >= 0.3 is 6.01 Å². The van der Waals surface area contributed by atoms with Crippen LogP contribution in [0, 0.1) is 0 Å². The van der Waals surface area contributed by atoms with Crippen LogP contribution < -0.4 is 20.7 Å². The second kappa shape index (κ2) is 10.1. The zero-order valence-corrected chi connectivity index (χ0v) is 22.9. The summed E-state index contributed by atoms with van der Waals surface area (Å²) in [7, 11) is 0. The lowest BCUT2D eigenvalue weighted by molar-refractivity contribution is -0.00182. The number of hydrogen-bond acceptors (Lipinski definition) is 9. The Kier molecular flexibility index (Phi) is 6.61. The molecule has 0 bridgehead atoms. The van der Waals surface area contributed by atoms with Gasteiger partial charge in [-0.05, 0) is 37.4 Å². The van der Waals surface area contributed by atoms with Crippen molar-refractivity contribution in [3.8, 4) is 17.4 Å². The Morgan fingerprint density at radius 3 is 2.69 bits per heavy atom. The van der Waals surface area contributed by atoms with E-state index in [1.165, 1.54) is 6.20 Å². The van der Waals surface area contributed by atoms with E-state index in [9.17, 15) is 22.0 Å². The third kappa shape index (κ3) is 4.50. The summed E-state index contributed by atoms with van der Waals surface area (Å²) in [5.41, 5.74) is 4.25. The number of rotatable bonds is 6. The first-order valence-electron chi connectivity index (χ1n) is 14.3. The van der Waals surface area contributed by atoms with E-state index in [4.69, 9.17) is 10.5 Å². The molecule has 0 aromatic carbocycles. The predicted molar refractivity (Wildman–Crippen MR) is 146 cm³/mol. The Labute approximate surface area is 238 Å². The number of ether oxygens (including phenoxy) is 1. The molecule has 3 aromatic heterocycles. The van der Waals surface area contributed by atoms with Crippen molar-refractivity contribution in [3.05, 3.63) is 29.0 Å². The number of hydrogen-bond donors (Lipinski definition) is 2. The van der Waals surface area contributed by atoms with Crippen molar-refractivity contribution in [1.82, 2.24) is 30.2 Å². The van der Waals surface area contributed by atoms with Crippen LogP contribution in [0.25, 0.3) is 22.3 Å². The molecule has 3 N–H and O–H groups in total. The highest BCUT2D eigenvalue weighted by molar-refractivity contribution is 5.94. The number of anilines is 2. The quantitative estimate of drug-likeness (QED) is 0.412. The van der Waals surface area contributed by atoms with Gasteiger partial charge in [0.05, 0.1) is 27.7 Å². The van der Waals surface area contributed by atoms with Crippen LogP contribution in [0.1, 0.15) is 48.8 Å². The van der Waals surface area contributed by atoms with Crippen LogP contribution in [-0.2, 0) is 12.3 Å². The molecule has 0 amide bonds. The van der Waals surface area contributed by atoms with E-state index in [1.54, 1.807) is 0 Å². The van der Waals surface area contributed by atoms with Gasteiger partial charge in [-0.2, -0.15) is 9.97 Å². The van der Waals surface area contributed by atoms with Gasteiger partial charge in [0.25, 0.3) is 12.3 Å². The third-order valence-corrected chi connectivity index (χ3v) is 9.06. The molecule has 3 saturated heterocycles. The summed E-state index contributed by atoms with van der Waals surface area (Å²) in [6, 6.07) is 0.998. The molecular weight excluding hydrogens is 559 g/mol. The number of alkyl halides is 5. The summed E-state index contributed by atoms with van der Waals surface area (Å²) in [5, 5.41) is 3.55. The first kappa shape index (κ1) is 27.4. The van der Waals surface area contributed by atoms with Gasteiger partial charge in [0, 0.05) is 57.3 Å². The molecule has 0 unspecified atom stereocenters. The van der Waals surface area contributed by atoms with Crippen LogP contribution in [0.5, 0.6) is 6.01 Å². The summed E-state index contributed by atoms with van der Waals surface area (Å²) in [5.74, 6) is -2.96. The molecule has 42 heavy (non-hydrogen) atoms. The molecule has 6 heterocycles. The molecule has 4 aliphatic rings. The molecular formula is C28H31F5N8O. The second-order valence-corrected chi connectivity index (χ2v) is 11.6. The summed E-state index contributed by atoms with van der Waals surface area (Å²) in [4.78, 5) is 21.7. The van der Waals surface area contributed by atoms with E-state index < -0.39 is 36.0 Å². The number of nitrogen functional groups attached to an aromatic ring is 1. The SMILES string of the molecule is Nc1cc2c(c(-c3ncc4c(N5CCNCC5)nc(OC[C@@]56CCCN5C[C@H](F)C6)nc4c3C(F)F)n1)CCC2(F)F. The zero-order chi connectivity index (χ0) is 29.2. The van der Waals surface area contributed by atoms with Crippen LogP contribution in [-0.4, -0.2) is 82.4 Å². The van der Waals surface area contributed by atoms with Gasteiger partial charge in [0.15, 0.2) is 0 Å². The highest BCUT2D eigenvalue weighted by Crippen LogP contribution is 2.47. The fraction of sp³-hybridized carbons (Fsp3) is 0.571. The Hall–Kier alpha value is -3.39. The average molecular weight is 591 g/mol. The molecule has 2 atom stereocenters. The molecule has 0 saturated carbocycles. The van der Waals surface area contributed by atoms with E-state index in [0.29, 0.717) is 50.3 Å². The fourth-order valence-corrected chi connectivity index (χ4v) is 7.08. The zero-order valence-electron chi connectivity index (χ0n) is 22.9. The van der Waals surface area contributed by atoms with Crippen molar-refractivity contribution in [2.45, 2.75) is 56.2 Å². The summed E-state index contributed by atoms with van der Waals surface area (Å²) >= 11 is 0. The van der Waals surface area contributed by atoms with Crippen molar-refractivity contribution < 1.29 is 26.7 Å². The van der Waals surface area contributed by atoms with E-state index in [2.05, 4.69) is 30.2 Å². The summed E-state index contributed by atoms with van der Waals surface area (Å²) in [6.45, 7) is 3.71. The molecule has 14 heteroatoms. The lowest BCUT2D eigenvalue weighted by atomic mass is 9.95. The first-order valence-corrected chi connectivity index (χ1v) is 14.3. The van der Waals surface area contributed by atoms with Gasteiger partial charge in [-0.1, -0.05) is 0 Å². The summed E-state index contributed by atoms with van der Waals surface area (Å²) < 4.78 is 79.7. The molecule has 3 aliphatic heterocycles. The Morgan fingerprint density at radius 2 is 1.90 bits per heavy atom. The molecule has 0 radical (unpaired) electrons. The lowest BCUT2D eigenvalue weighted by Crippen LogP contribution is -2.44. The van der Waals surface area contributed by atoms with Crippen LogP contribution in [0.2, 0.25) is 0 Å². The maximum Gasteiger partial charge on any atom is 0.319 e. The van der Waals surface area contributed by atoms with Crippen LogP contribution in [0.4, 0.5) is 33.6 Å². The number of halogens is 5. The van der Waals surface area contributed by atoms with E-state index in [0.717, 1.165) is 25.5 Å². The number of nitrogens with two attached hydrogens (primary N) is 1. The highest BCUT2D eigenvalue weighted by Gasteiger charge is 2.49. The van der Waals surface area contributed by atoms with Gasteiger partial charge < -0.3 is 20.7 Å². The molecule has 224 valence electrons. The van der Waals surface area contributed by atoms with Gasteiger partial charge in [-0.3, -0.25) is 9.88 Å². The standard InChI is InChI=1S/C28H31F5N8O/c29-15-11-27(3-1-7-41(27)13-15)14-42-26-38-21-17(25(39-26)40-8-5-35-6-9-40)12-36-23(20(21)24(30)31)22-16-2-4-28(32,33)18(16)10-19(34)37-22/h10,12,15,24,35H,1-9,11,13-14H2,(H2,34,37)/t15-,27+/m1/s1. The number of aromatic nitrogens is 4. The second-order valence-electron chi connectivity index (χ2n) is 11.6. The summed E-state index contributed by atoms with van der Waals surface area (Å²) in [6.07, 6.45) is -1.14. The minimum atomic E-state index is -3.14. The molecule has 3 fully saturated rings. The van der Waals surface area contributed by atoms with Crippen LogP contribution in [0.3, 0.4) is 0 Å². The van der Waals surface area contributed by atoms with Crippen molar-refractivity contribution in [1.29, 1.82) is 0 Å². The maximum atomic E-state index is 15.0. The van der Waals surface area contributed by atoms with Gasteiger partial charge in [-0.15, -0.1) is 0 Å². The molecule has 7 rings (SSSR count). The van der Waals surface area contributed by atoms with Gasteiger partial charge in [0.1, 0.15) is 30.1 Å². The van der Waals surface area contributed by atoms with Crippen molar-refractivity contribution in [2.75, 3.05) is 56.5 Å². The molecule has 3 aromatic rings.